The van der Waals surface area contributed by atoms with E-state index in [-0.39, 0.29) is 17.4 Å². The van der Waals surface area contributed by atoms with Gasteiger partial charge < -0.3 is 10.5 Å². The van der Waals surface area contributed by atoms with E-state index in [0.29, 0.717) is 13.2 Å². The molecule has 2 atom stereocenters. The molecule has 0 fully saturated rings. The maximum atomic E-state index is 13.3. The van der Waals surface area contributed by atoms with E-state index in [1.807, 2.05) is 6.07 Å². The molecule has 1 rings (SSSR count). The monoisotopic (exact) mass is 282 g/mol. The van der Waals surface area contributed by atoms with Gasteiger partial charge in [-0.2, -0.15) is 0 Å². The summed E-state index contributed by atoms with van der Waals surface area (Å²) in [6.45, 7) is 8.44. The molecule has 0 aliphatic carbocycles. The second kappa shape index (κ2) is 7.72. The van der Waals surface area contributed by atoms with E-state index in [1.54, 1.807) is 19.2 Å². The van der Waals surface area contributed by atoms with Crippen molar-refractivity contribution in [3.05, 3.63) is 35.6 Å². The summed E-state index contributed by atoms with van der Waals surface area (Å²) in [5, 5.41) is 0. The van der Waals surface area contributed by atoms with Crippen molar-refractivity contribution in [2.24, 2.45) is 5.73 Å². The first-order valence-electron chi connectivity index (χ1n) is 7.17. The van der Waals surface area contributed by atoms with Gasteiger partial charge in [-0.25, -0.2) is 4.39 Å². The molecule has 2 N–H and O–H groups in total. The Labute approximate surface area is 121 Å². The summed E-state index contributed by atoms with van der Waals surface area (Å²) >= 11 is 0. The van der Waals surface area contributed by atoms with Crippen LogP contribution in [0.2, 0.25) is 0 Å². The van der Waals surface area contributed by atoms with Gasteiger partial charge in [0.1, 0.15) is 5.82 Å². The number of likely N-dealkylation sites (N-methyl/N-ethyl adjacent to an activating group) is 1. The minimum Gasteiger partial charge on any atom is -0.383 e. The summed E-state index contributed by atoms with van der Waals surface area (Å²) < 4.78 is 18.6. The van der Waals surface area contributed by atoms with Gasteiger partial charge in [-0.05, 0) is 44.5 Å². The molecule has 1 aromatic carbocycles. The zero-order valence-electron chi connectivity index (χ0n) is 13.0. The van der Waals surface area contributed by atoms with E-state index < -0.39 is 0 Å². The summed E-state index contributed by atoms with van der Waals surface area (Å²) in [5.41, 5.74) is 6.79. The average molecular weight is 282 g/mol. The fourth-order valence-corrected chi connectivity index (χ4v) is 2.93. The Morgan fingerprint density at radius 1 is 1.45 bits per heavy atom. The van der Waals surface area contributed by atoms with Crippen LogP contribution < -0.4 is 5.73 Å². The Kier molecular flexibility index (Phi) is 6.59. The highest BCUT2D eigenvalue weighted by molar-refractivity contribution is 5.19. The molecule has 0 saturated carbocycles. The second-order valence-electron chi connectivity index (χ2n) is 5.60. The molecule has 0 aliphatic rings. The lowest BCUT2D eigenvalue weighted by atomic mass is 9.89. The van der Waals surface area contributed by atoms with Crippen LogP contribution in [-0.4, -0.2) is 43.3 Å². The molecule has 3 nitrogen and oxygen atoms in total. The molecule has 0 radical (unpaired) electrons. The van der Waals surface area contributed by atoms with Crippen molar-refractivity contribution in [3.63, 3.8) is 0 Å². The summed E-state index contributed by atoms with van der Waals surface area (Å²) in [4.78, 5) is 2.33. The summed E-state index contributed by atoms with van der Waals surface area (Å²) in [6, 6.07) is 7.02. The van der Waals surface area contributed by atoms with E-state index in [9.17, 15) is 4.39 Å². The van der Waals surface area contributed by atoms with Gasteiger partial charge in [0.25, 0.3) is 0 Å². The summed E-state index contributed by atoms with van der Waals surface area (Å²) in [6.07, 6.45) is 0.725. The van der Waals surface area contributed by atoms with Crippen LogP contribution in [0.4, 0.5) is 4.39 Å². The largest absolute Gasteiger partial charge is 0.383 e. The highest BCUT2D eigenvalue weighted by Crippen LogP contribution is 2.23. The molecule has 0 bridgehead atoms. The molecule has 0 amide bonds. The highest BCUT2D eigenvalue weighted by Gasteiger charge is 2.33. The number of halogens is 1. The van der Waals surface area contributed by atoms with E-state index >= 15 is 0 Å². The van der Waals surface area contributed by atoms with Crippen LogP contribution in [-0.2, 0) is 11.2 Å². The highest BCUT2D eigenvalue weighted by atomic mass is 19.1. The van der Waals surface area contributed by atoms with E-state index in [2.05, 4.69) is 25.7 Å². The Bertz CT molecular complexity index is 413. The van der Waals surface area contributed by atoms with Gasteiger partial charge in [0, 0.05) is 25.2 Å². The van der Waals surface area contributed by atoms with Gasteiger partial charge >= 0.3 is 0 Å². The van der Waals surface area contributed by atoms with Gasteiger partial charge in [-0.3, -0.25) is 4.90 Å². The quantitative estimate of drug-likeness (QED) is 0.796. The SMILES string of the molecule is CCN(C(C)COC)C(C)(CN)Cc1cccc(F)c1. The van der Waals surface area contributed by atoms with E-state index in [4.69, 9.17) is 10.5 Å². The number of benzene rings is 1. The van der Waals surface area contributed by atoms with Crippen molar-refractivity contribution in [1.82, 2.24) is 4.90 Å². The molecule has 0 aromatic heterocycles. The van der Waals surface area contributed by atoms with Crippen LogP contribution >= 0.6 is 0 Å². The Balaban J connectivity index is 2.93. The standard InChI is InChI=1S/C16H27FN2O/c1-5-19(13(2)11-20-4)16(3,12-18)10-14-7-6-8-15(17)9-14/h6-9,13H,5,10-12,18H2,1-4H3. The minimum absolute atomic E-state index is 0.199. The number of methoxy groups -OCH3 is 1. The van der Waals surface area contributed by atoms with Crippen LogP contribution in [0.3, 0.4) is 0 Å². The fraction of sp³-hybridized carbons (Fsp3) is 0.625. The van der Waals surface area contributed by atoms with Gasteiger partial charge in [0.15, 0.2) is 0 Å². The smallest absolute Gasteiger partial charge is 0.123 e. The van der Waals surface area contributed by atoms with Crippen LogP contribution in [0.15, 0.2) is 24.3 Å². The number of nitrogens with zero attached hydrogens (tertiary/aromatic N) is 1. The van der Waals surface area contributed by atoms with Crippen molar-refractivity contribution in [2.75, 3.05) is 26.8 Å². The van der Waals surface area contributed by atoms with Crippen LogP contribution in [0.25, 0.3) is 0 Å². The molecule has 0 heterocycles. The number of hydrogen-bond donors (Lipinski definition) is 1. The van der Waals surface area contributed by atoms with E-state index in [1.165, 1.54) is 6.07 Å². The normalized spacial score (nSPS) is 16.1. The third-order valence-electron chi connectivity index (χ3n) is 3.89. The molecule has 114 valence electrons. The van der Waals surface area contributed by atoms with Gasteiger partial charge in [0.2, 0.25) is 0 Å². The van der Waals surface area contributed by atoms with Crippen molar-refractivity contribution in [1.29, 1.82) is 0 Å². The minimum atomic E-state index is -0.208. The van der Waals surface area contributed by atoms with Gasteiger partial charge in [-0.15, -0.1) is 0 Å². The van der Waals surface area contributed by atoms with E-state index in [0.717, 1.165) is 18.5 Å². The van der Waals surface area contributed by atoms with Crippen molar-refractivity contribution in [3.8, 4) is 0 Å². The van der Waals surface area contributed by atoms with Crippen molar-refractivity contribution >= 4 is 0 Å². The lowest BCUT2D eigenvalue weighted by Crippen LogP contribution is -2.57. The average Bonchev–Trinajstić information content (AvgIpc) is 2.39. The predicted molar refractivity (Wildman–Crippen MR) is 81.3 cm³/mol. The lowest BCUT2D eigenvalue weighted by Gasteiger charge is -2.44. The summed E-state index contributed by atoms with van der Waals surface area (Å²) in [5.74, 6) is -0.199. The second-order valence-corrected chi connectivity index (χ2v) is 5.60. The van der Waals surface area contributed by atoms with Gasteiger partial charge in [-0.1, -0.05) is 19.1 Å². The molecule has 20 heavy (non-hydrogen) atoms. The molecular weight excluding hydrogens is 255 g/mol. The summed E-state index contributed by atoms with van der Waals surface area (Å²) in [7, 11) is 1.71. The zero-order valence-corrected chi connectivity index (χ0v) is 13.0. The predicted octanol–water partition coefficient (Wildman–Crippen LogP) is 2.44. The molecule has 1 aromatic rings. The van der Waals surface area contributed by atoms with Crippen molar-refractivity contribution < 1.29 is 9.13 Å². The van der Waals surface area contributed by atoms with Crippen LogP contribution in [0.1, 0.15) is 26.3 Å². The first-order valence-corrected chi connectivity index (χ1v) is 7.17. The molecule has 0 aliphatic heterocycles. The number of rotatable bonds is 8. The number of nitrogens with two attached hydrogens (primary N) is 1. The first kappa shape index (κ1) is 17.1. The maximum absolute atomic E-state index is 13.3. The molecule has 2 unspecified atom stereocenters. The molecule has 0 saturated heterocycles. The van der Waals surface area contributed by atoms with Crippen LogP contribution in [0.5, 0.6) is 0 Å². The lowest BCUT2D eigenvalue weighted by molar-refractivity contribution is 0.0295. The molecule has 0 spiro atoms. The third-order valence-corrected chi connectivity index (χ3v) is 3.89. The zero-order chi connectivity index (χ0) is 15.2. The Morgan fingerprint density at radius 2 is 2.15 bits per heavy atom. The molecule has 4 heteroatoms. The number of hydrogen-bond acceptors (Lipinski definition) is 3. The first-order chi connectivity index (χ1) is 9.46. The Morgan fingerprint density at radius 3 is 2.65 bits per heavy atom. The third kappa shape index (κ3) is 4.27. The van der Waals surface area contributed by atoms with Gasteiger partial charge in [0.05, 0.1) is 6.61 Å². The van der Waals surface area contributed by atoms with Crippen LogP contribution in [0, 0.1) is 5.82 Å². The maximum Gasteiger partial charge on any atom is 0.123 e. The Hall–Kier alpha value is -0.970. The van der Waals surface area contributed by atoms with Crippen molar-refractivity contribution in [2.45, 2.75) is 38.8 Å². The molecular formula is C16H27FN2O. The number of ether oxygens (including phenoxy) is 1. The topological polar surface area (TPSA) is 38.5 Å². The fourth-order valence-electron chi connectivity index (χ4n) is 2.93.